The van der Waals surface area contributed by atoms with E-state index in [9.17, 15) is 4.79 Å². The van der Waals surface area contributed by atoms with Gasteiger partial charge in [-0.15, -0.1) is 10.2 Å². The fraction of sp³-hybridized carbons (Fsp3) is 0.118. The summed E-state index contributed by atoms with van der Waals surface area (Å²) in [7, 11) is 0. The fourth-order valence-electron chi connectivity index (χ4n) is 2.33. The first kappa shape index (κ1) is 14.0. The Morgan fingerprint density at radius 3 is 2.36 bits per heavy atom. The van der Waals surface area contributed by atoms with Gasteiger partial charge in [-0.25, -0.2) is 0 Å². The molecule has 1 heterocycles. The van der Waals surface area contributed by atoms with E-state index < -0.39 is 5.97 Å². The quantitative estimate of drug-likeness (QED) is 0.755. The minimum Gasteiger partial charge on any atom is -0.481 e. The van der Waals surface area contributed by atoms with Crippen LogP contribution in [0.4, 0.5) is 5.82 Å². The molecule has 5 heteroatoms. The van der Waals surface area contributed by atoms with Crippen LogP contribution in [0.3, 0.4) is 0 Å². The number of nitrogens with zero attached hydrogens (tertiary/aromatic N) is 2. The summed E-state index contributed by atoms with van der Waals surface area (Å²) in [6.07, 6.45) is 0.0381. The molecule has 0 spiro atoms. The normalized spacial score (nSPS) is 10.5. The van der Waals surface area contributed by atoms with Gasteiger partial charge in [0.05, 0.1) is 6.42 Å². The Morgan fingerprint density at radius 2 is 1.64 bits per heavy atom. The van der Waals surface area contributed by atoms with Gasteiger partial charge in [-0.1, -0.05) is 54.6 Å². The molecule has 0 amide bonds. The molecule has 0 bridgehead atoms. The van der Waals surface area contributed by atoms with Gasteiger partial charge in [0, 0.05) is 22.9 Å². The van der Waals surface area contributed by atoms with Crippen LogP contribution in [-0.2, 0) is 4.79 Å². The highest BCUT2D eigenvalue weighted by atomic mass is 16.4. The van der Waals surface area contributed by atoms with Gasteiger partial charge in [-0.3, -0.25) is 4.79 Å². The number of hydrogen-bond donors (Lipinski definition) is 2. The third-order valence-electron chi connectivity index (χ3n) is 3.37. The molecule has 3 rings (SSSR count). The van der Waals surface area contributed by atoms with Crippen molar-refractivity contribution in [1.29, 1.82) is 0 Å². The van der Waals surface area contributed by atoms with Crippen LogP contribution in [0, 0.1) is 0 Å². The highest BCUT2D eigenvalue weighted by Gasteiger charge is 2.10. The van der Waals surface area contributed by atoms with Crippen molar-refractivity contribution in [2.75, 3.05) is 11.9 Å². The van der Waals surface area contributed by atoms with Crippen LogP contribution in [-0.4, -0.2) is 27.8 Å². The molecule has 2 N–H and O–H groups in total. The van der Waals surface area contributed by atoms with Crippen molar-refractivity contribution in [2.24, 2.45) is 0 Å². The van der Waals surface area contributed by atoms with Crippen molar-refractivity contribution in [3.05, 3.63) is 54.6 Å². The summed E-state index contributed by atoms with van der Waals surface area (Å²) in [6, 6.07) is 17.7. The van der Waals surface area contributed by atoms with Crippen LogP contribution in [0.15, 0.2) is 54.6 Å². The smallest absolute Gasteiger partial charge is 0.305 e. The average molecular weight is 293 g/mol. The second-order valence-corrected chi connectivity index (χ2v) is 4.88. The number of hydrogen-bond acceptors (Lipinski definition) is 4. The van der Waals surface area contributed by atoms with Crippen molar-refractivity contribution >= 4 is 22.6 Å². The largest absolute Gasteiger partial charge is 0.481 e. The molecular weight excluding hydrogens is 278 g/mol. The van der Waals surface area contributed by atoms with E-state index in [1.165, 1.54) is 0 Å². The van der Waals surface area contributed by atoms with E-state index in [2.05, 4.69) is 15.5 Å². The zero-order valence-electron chi connectivity index (χ0n) is 11.9. The zero-order chi connectivity index (χ0) is 15.4. The second-order valence-electron chi connectivity index (χ2n) is 4.88. The summed E-state index contributed by atoms with van der Waals surface area (Å²) < 4.78 is 0. The minimum atomic E-state index is -0.842. The van der Waals surface area contributed by atoms with Crippen LogP contribution in [0.5, 0.6) is 0 Å². The van der Waals surface area contributed by atoms with Gasteiger partial charge in [0.2, 0.25) is 0 Å². The van der Waals surface area contributed by atoms with E-state index in [-0.39, 0.29) is 6.42 Å². The molecule has 0 atom stereocenters. The molecule has 3 aromatic rings. The van der Waals surface area contributed by atoms with Crippen molar-refractivity contribution in [3.8, 4) is 11.3 Å². The average Bonchev–Trinajstić information content (AvgIpc) is 2.55. The molecule has 0 aliphatic carbocycles. The lowest BCUT2D eigenvalue weighted by Crippen LogP contribution is -2.09. The Bertz CT molecular complexity index is 803. The van der Waals surface area contributed by atoms with E-state index >= 15 is 0 Å². The Kier molecular flexibility index (Phi) is 3.96. The molecule has 5 nitrogen and oxygen atoms in total. The van der Waals surface area contributed by atoms with Crippen LogP contribution in [0.1, 0.15) is 6.42 Å². The molecule has 2 aromatic carbocycles. The second kappa shape index (κ2) is 6.22. The van der Waals surface area contributed by atoms with Crippen molar-refractivity contribution in [3.63, 3.8) is 0 Å². The highest BCUT2D eigenvalue weighted by Crippen LogP contribution is 2.29. The molecule has 0 radical (unpaired) electrons. The molecular formula is C17H15N3O2. The van der Waals surface area contributed by atoms with Gasteiger partial charge < -0.3 is 10.4 Å². The van der Waals surface area contributed by atoms with Crippen LogP contribution in [0.25, 0.3) is 22.0 Å². The van der Waals surface area contributed by atoms with Crippen molar-refractivity contribution in [1.82, 2.24) is 10.2 Å². The van der Waals surface area contributed by atoms with Gasteiger partial charge in [0.25, 0.3) is 0 Å². The first-order valence-corrected chi connectivity index (χ1v) is 7.02. The van der Waals surface area contributed by atoms with E-state index in [0.29, 0.717) is 12.4 Å². The number of rotatable bonds is 5. The van der Waals surface area contributed by atoms with E-state index in [1.807, 2.05) is 54.6 Å². The Morgan fingerprint density at radius 1 is 0.955 bits per heavy atom. The SMILES string of the molecule is O=C(O)CCNc1nnc(-c2ccccc2)c2ccccc12. The summed E-state index contributed by atoms with van der Waals surface area (Å²) in [5, 5.41) is 22.2. The predicted octanol–water partition coefficient (Wildman–Crippen LogP) is 3.18. The number of nitrogens with one attached hydrogen (secondary N) is 1. The van der Waals surface area contributed by atoms with Crippen molar-refractivity contribution < 1.29 is 9.90 Å². The minimum absolute atomic E-state index is 0.0381. The maximum absolute atomic E-state index is 10.6. The first-order chi connectivity index (χ1) is 10.8. The topological polar surface area (TPSA) is 75.1 Å². The number of aliphatic carboxylic acids is 1. The Balaban J connectivity index is 2.02. The number of anilines is 1. The van der Waals surface area contributed by atoms with Crippen LogP contribution < -0.4 is 5.32 Å². The standard InChI is InChI=1S/C17H15N3O2/c21-15(22)10-11-18-17-14-9-5-4-8-13(14)16(19-20-17)12-6-2-1-3-7-12/h1-9H,10-11H2,(H,18,20)(H,21,22). The van der Waals surface area contributed by atoms with Gasteiger partial charge in [-0.2, -0.15) is 0 Å². The monoisotopic (exact) mass is 293 g/mol. The molecule has 22 heavy (non-hydrogen) atoms. The number of aromatic nitrogens is 2. The van der Waals surface area contributed by atoms with Crippen LogP contribution in [0.2, 0.25) is 0 Å². The van der Waals surface area contributed by atoms with E-state index in [4.69, 9.17) is 5.11 Å². The fourth-order valence-corrected chi connectivity index (χ4v) is 2.33. The zero-order valence-corrected chi connectivity index (χ0v) is 11.9. The maximum Gasteiger partial charge on any atom is 0.305 e. The molecule has 0 aliphatic heterocycles. The summed E-state index contributed by atoms with van der Waals surface area (Å²) in [6.45, 7) is 0.318. The summed E-state index contributed by atoms with van der Waals surface area (Å²) in [5.74, 6) is -0.234. The highest BCUT2D eigenvalue weighted by molar-refractivity contribution is 6.00. The predicted molar refractivity (Wildman–Crippen MR) is 85.7 cm³/mol. The number of carboxylic acid groups (broad SMARTS) is 1. The first-order valence-electron chi connectivity index (χ1n) is 7.02. The molecule has 0 saturated carbocycles. The van der Waals surface area contributed by atoms with Gasteiger partial charge >= 0.3 is 5.97 Å². The third-order valence-corrected chi connectivity index (χ3v) is 3.37. The Labute approximate surface area is 127 Å². The lowest BCUT2D eigenvalue weighted by molar-refractivity contribution is -0.136. The molecule has 0 fully saturated rings. The van der Waals surface area contributed by atoms with Crippen LogP contribution >= 0.6 is 0 Å². The summed E-state index contributed by atoms with van der Waals surface area (Å²) in [5.41, 5.74) is 1.82. The summed E-state index contributed by atoms with van der Waals surface area (Å²) >= 11 is 0. The summed E-state index contributed by atoms with van der Waals surface area (Å²) in [4.78, 5) is 10.6. The van der Waals surface area contributed by atoms with Crippen molar-refractivity contribution in [2.45, 2.75) is 6.42 Å². The lowest BCUT2D eigenvalue weighted by Gasteiger charge is -2.10. The maximum atomic E-state index is 10.6. The van der Waals surface area contributed by atoms with Gasteiger partial charge in [0.1, 0.15) is 5.69 Å². The lowest BCUT2D eigenvalue weighted by atomic mass is 10.0. The molecule has 0 saturated heterocycles. The number of benzene rings is 2. The molecule has 110 valence electrons. The number of fused-ring (bicyclic) bond motifs is 1. The van der Waals surface area contributed by atoms with E-state index in [0.717, 1.165) is 22.0 Å². The molecule has 0 aliphatic rings. The van der Waals surface area contributed by atoms with E-state index in [1.54, 1.807) is 0 Å². The Hall–Kier alpha value is -2.95. The molecule has 1 aromatic heterocycles. The number of carbonyl (C=O) groups is 1. The van der Waals surface area contributed by atoms with Gasteiger partial charge in [0.15, 0.2) is 5.82 Å². The number of carboxylic acids is 1. The van der Waals surface area contributed by atoms with Gasteiger partial charge in [-0.05, 0) is 0 Å². The third kappa shape index (κ3) is 2.88. The molecule has 0 unspecified atom stereocenters.